The van der Waals surface area contributed by atoms with E-state index in [1.54, 1.807) is 25.3 Å². The Morgan fingerprint density at radius 2 is 2.00 bits per heavy atom. The molecule has 0 radical (unpaired) electrons. The van der Waals surface area contributed by atoms with Crippen LogP contribution in [-0.4, -0.2) is 19.6 Å². The summed E-state index contributed by atoms with van der Waals surface area (Å²) in [5.41, 5.74) is 2.19. The van der Waals surface area contributed by atoms with Gasteiger partial charge < -0.3 is 14.8 Å². The predicted molar refractivity (Wildman–Crippen MR) is 131 cm³/mol. The van der Waals surface area contributed by atoms with E-state index in [1.165, 1.54) is 30.3 Å². The molecule has 1 amide bonds. The minimum atomic E-state index is -0.525. The average Bonchev–Trinajstić information content (AvgIpc) is 3.19. The highest BCUT2D eigenvalue weighted by molar-refractivity contribution is 7.16. The lowest BCUT2D eigenvalue weighted by molar-refractivity contribution is -0.112. The van der Waals surface area contributed by atoms with Gasteiger partial charge in [-0.1, -0.05) is 32.3 Å². The summed E-state index contributed by atoms with van der Waals surface area (Å²) in [6.07, 6.45) is 9.91. The van der Waals surface area contributed by atoms with Crippen LogP contribution < -0.4 is 14.8 Å². The van der Waals surface area contributed by atoms with Crippen molar-refractivity contribution >= 4 is 28.3 Å². The predicted octanol–water partition coefficient (Wildman–Crippen LogP) is 6.01. The zero-order chi connectivity index (χ0) is 23.6. The lowest BCUT2D eigenvalue weighted by Crippen LogP contribution is -2.13. The van der Waals surface area contributed by atoms with Crippen molar-refractivity contribution in [2.45, 2.75) is 58.3 Å². The van der Waals surface area contributed by atoms with E-state index in [0.29, 0.717) is 34.2 Å². The average molecular weight is 464 g/mol. The summed E-state index contributed by atoms with van der Waals surface area (Å²) >= 11 is 1.44. The zero-order valence-corrected chi connectivity index (χ0v) is 20.0. The van der Waals surface area contributed by atoms with Gasteiger partial charge in [0.1, 0.15) is 22.7 Å². The number of hydrogen-bond donors (Lipinski definition) is 1. The third kappa shape index (κ3) is 6.15. The van der Waals surface area contributed by atoms with Crippen LogP contribution in [0.4, 0.5) is 5.00 Å². The van der Waals surface area contributed by atoms with Gasteiger partial charge in [0.2, 0.25) is 0 Å². The molecule has 0 saturated heterocycles. The number of carbonyl (C=O) groups is 1. The topological polar surface area (TPSA) is 95.1 Å². The van der Waals surface area contributed by atoms with Gasteiger partial charge in [-0.05, 0) is 61.4 Å². The molecule has 1 N–H and O–H groups in total. The fourth-order valence-corrected chi connectivity index (χ4v) is 5.10. The normalized spacial score (nSPS) is 12.9. The molecule has 172 valence electrons. The number of nitrogens with one attached hydrogen (secondary N) is 1. The number of hydrogen-bond acceptors (Lipinski definition) is 6. The molecule has 3 rings (SSSR count). The lowest BCUT2D eigenvalue weighted by atomic mass is 9.96. The first-order chi connectivity index (χ1) is 16.1. The number of anilines is 1. The summed E-state index contributed by atoms with van der Waals surface area (Å²) in [5.74, 6) is 0.661. The number of methoxy groups -OCH3 is 1. The summed E-state index contributed by atoms with van der Waals surface area (Å²) < 4.78 is 11.3. The maximum Gasteiger partial charge on any atom is 0.266 e. The zero-order valence-electron chi connectivity index (χ0n) is 19.2. The highest BCUT2D eigenvalue weighted by Gasteiger charge is 2.22. The molecule has 0 aliphatic heterocycles. The van der Waals surface area contributed by atoms with Gasteiger partial charge in [0.25, 0.3) is 5.91 Å². The Balaban J connectivity index is 1.74. The largest absolute Gasteiger partial charge is 0.493 e. The van der Waals surface area contributed by atoms with Crippen LogP contribution in [0.25, 0.3) is 6.08 Å². The van der Waals surface area contributed by atoms with Crippen LogP contribution >= 0.6 is 11.3 Å². The highest BCUT2D eigenvalue weighted by Crippen LogP contribution is 2.38. The number of nitrogens with zero attached hydrogens (tertiary/aromatic N) is 2. The Morgan fingerprint density at radius 1 is 1.18 bits per heavy atom. The monoisotopic (exact) mass is 463 g/mol. The molecule has 1 aromatic heterocycles. The molecule has 0 saturated carbocycles. The van der Waals surface area contributed by atoms with Gasteiger partial charge in [-0.2, -0.15) is 10.5 Å². The number of rotatable bonds is 10. The SMILES string of the molecule is CCCCCCOc1ccc(/C=C(\C#N)C(=O)Nc2sc3c(c2C#N)CCCC3)cc1OC. The minimum Gasteiger partial charge on any atom is -0.493 e. The van der Waals surface area contributed by atoms with Crippen LogP contribution in [0.1, 0.15) is 67.0 Å². The molecular formula is C26H29N3O3S. The standard InChI is InChI=1S/C26H29N3O3S/c1-3-4-5-8-13-32-22-12-11-18(15-23(22)31-2)14-19(16-27)25(30)29-26-21(17-28)20-9-6-7-10-24(20)33-26/h11-12,14-15H,3-10,13H2,1-2H3,(H,29,30)/b19-14+. The van der Waals surface area contributed by atoms with Crippen molar-refractivity contribution in [1.29, 1.82) is 10.5 Å². The van der Waals surface area contributed by atoms with Crippen molar-refractivity contribution in [2.24, 2.45) is 0 Å². The third-order valence-electron chi connectivity index (χ3n) is 5.63. The second-order valence-electron chi connectivity index (χ2n) is 7.97. The quantitative estimate of drug-likeness (QED) is 0.264. The maximum atomic E-state index is 12.8. The molecule has 0 unspecified atom stereocenters. The fourth-order valence-electron chi connectivity index (χ4n) is 3.86. The number of fused-ring (bicyclic) bond motifs is 1. The number of nitriles is 2. The van der Waals surface area contributed by atoms with Crippen LogP contribution in [0.15, 0.2) is 23.8 Å². The smallest absolute Gasteiger partial charge is 0.266 e. The first-order valence-electron chi connectivity index (χ1n) is 11.4. The molecule has 0 spiro atoms. The number of carbonyl (C=O) groups excluding carboxylic acids is 1. The van der Waals surface area contributed by atoms with Crippen LogP contribution in [-0.2, 0) is 17.6 Å². The van der Waals surface area contributed by atoms with Crippen molar-refractivity contribution in [1.82, 2.24) is 0 Å². The van der Waals surface area contributed by atoms with Crippen LogP contribution in [0.2, 0.25) is 0 Å². The van der Waals surface area contributed by atoms with E-state index in [9.17, 15) is 15.3 Å². The van der Waals surface area contributed by atoms with Crippen molar-refractivity contribution in [3.63, 3.8) is 0 Å². The molecule has 0 bridgehead atoms. The molecule has 0 atom stereocenters. The number of aryl methyl sites for hydroxylation is 1. The van der Waals surface area contributed by atoms with E-state index >= 15 is 0 Å². The Morgan fingerprint density at radius 3 is 2.73 bits per heavy atom. The van der Waals surface area contributed by atoms with Gasteiger partial charge in [-0.25, -0.2) is 0 Å². The first kappa shape index (κ1) is 24.4. The van der Waals surface area contributed by atoms with Crippen LogP contribution in [0.5, 0.6) is 11.5 Å². The van der Waals surface area contributed by atoms with Crippen molar-refractivity contribution in [3.05, 3.63) is 45.3 Å². The summed E-state index contributed by atoms with van der Waals surface area (Å²) in [6.45, 7) is 2.78. The second kappa shape index (κ2) is 12.1. The van der Waals surface area contributed by atoms with Crippen molar-refractivity contribution < 1.29 is 14.3 Å². The van der Waals surface area contributed by atoms with Crippen molar-refractivity contribution in [3.8, 4) is 23.6 Å². The van der Waals surface area contributed by atoms with E-state index in [2.05, 4.69) is 18.3 Å². The second-order valence-corrected chi connectivity index (χ2v) is 9.08. The molecule has 1 aliphatic rings. The van der Waals surface area contributed by atoms with Crippen LogP contribution in [0, 0.1) is 22.7 Å². The lowest BCUT2D eigenvalue weighted by Gasteiger charge is -2.11. The van der Waals surface area contributed by atoms with Gasteiger partial charge in [0, 0.05) is 4.88 Å². The Bertz CT molecular complexity index is 1110. The minimum absolute atomic E-state index is 0.0412. The van der Waals surface area contributed by atoms with Gasteiger partial charge in [0.15, 0.2) is 11.5 Å². The summed E-state index contributed by atoms with van der Waals surface area (Å²) in [7, 11) is 1.56. The van der Waals surface area contributed by atoms with E-state index in [4.69, 9.17) is 9.47 Å². The Hall–Kier alpha value is -3.29. The number of amides is 1. The molecule has 0 fully saturated rings. The Labute approximate surface area is 199 Å². The molecule has 1 heterocycles. The number of benzene rings is 1. The first-order valence-corrected chi connectivity index (χ1v) is 12.2. The fraction of sp³-hybridized carbons (Fsp3) is 0.423. The molecule has 6 nitrogen and oxygen atoms in total. The molecule has 33 heavy (non-hydrogen) atoms. The number of ether oxygens (including phenoxy) is 2. The van der Waals surface area contributed by atoms with Gasteiger partial charge in [0.05, 0.1) is 19.3 Å². The molecular weight excluding hydrogens is 434 g/mol. The van der Waals surface area contributed by atoms with Gasteiger partial charge >= 0.3 is 0 Å². The number of thiophene rings is 1. The molecule has 1 aliphatic carbocycles. The van der Waals surface area contributed by atoms with Crippen LogP contribution in [0.3, 0.4) is 0 Å². The van der Waals surface area contributed by atoms with E-state index in [1.807, 2.05) is 6.07 Å². The van der Waals surface area contributed by atoms with Gasteiger partial charge in [-0.3, -0.25) is 4.79 Å². The molecule has 7 heteroatoms. The third-order valence-corrected chi connectivity index (χ3v) is 6.84. The van der Waals surface area contributed by atoms with Crippen molar-refractivity contribution in [2.75, 3.05) is 19.0 Å². The van der Waals surface area contributed by atoms with E-state index in [0.717, 1.165) is 49.0 Å². The summed E-state index contributed by atoms with van der Waals surface area (Å²) in [5, 5.41) is 22.5. The highest BCUT2D eigenvalue weighted by atomic mass is 32.1. The Kier molecular flexibility index (Phi) is 8.92. The van der Waals surface area contributed by atoms with Gasteiger partial charge in [-0.15, -0.1) is 11.3 Å². The molecule has 1 aromatic carbocycles. The van der Waals surface area contributed by atoms with E-state index in [-0.39, 0.29) is 5.57 Å². The summed E-state index contributed by atoms with van der Waals surface area (Å²) in [6, 6.07) is 9.53. The molecule has 2 aromatic rings. The maximum absolute atomic E-state index is 12.8. The number of unbranched alkanes of at least 4 members (excludes halogenated alkanes) is 3. The van der Waals surface area contributed by atoms with E-state index < -0.39 is 5.91 Å². The summed E-state index contributed by atoms with van der Waals surface area (Å²) in [4.78, 5) is 14.0.